The van der Waals surface area contributed by atoms with Crippen molar-refractivity contribution in [3.05, 3.63) is 29.8 Å². The quantitative estimate of drug-likeness (QED) is 0.742. The highest BCUT2D eigenvalue weighted by Gasteiger charge is 2.38. The number of benzene rings is 1. The summed E-state index contributed by atoms with van der Waals surface area (Å²) in [4.78, 5) is 12.3. The molecule has 5 nitrogen and oxygen atoms in total. The standard InChI is InChI=1S/C19H28N2O3/c1-13-5-4-7-16(9-13)24-12-15(22)11-20-19(23)18-10-14-6-2-3-8-17(14)21-18/h4-5,7,9,14-15,17-18,21-22H,2-3,6,8,10-12H2,1H3,(H,20,23). The van der Waals surface area contributed by atoms with E-state index in [0.29, 0.717) is 12.0 Å². The second-order valence-electron chi connectivity index (χ2n) is 7.13. The lowest BCUT2D eigenvalue weighted by Gasteiger charge is -2.24. The summed E-state index contributed by atoms with van der Waals surface area (Å²) in [5.41, 5.74) is 1.11. The van der Waals surface area contributed by atoms with Gasteiger partial charge in [0.05, 0.1) is 6.04 Å². The molecule has 132 valence electrons. The van der Waals surface area contributed by atoms with Crippen LogP contribution in [0.4, 0.5) is 0 Å². The molecular weight excluding hydrogens is 304 g/mol. The minimum atomic E-state index is -0.710. The number of nitrogens with one attached hydrogen (secondary N) is 2. The van der Waals surface area contributed by atoms with E-state index in [1.54, 1.807) is 0 Å². The zero-order valence-corrected chi connectivity index (χ0v) is 14.3. The maximum atomic E-state index is 12.3. The van der Waals surface area contributed by atoms with E-state index in [0.717, 1.165) is 17.7 Å². The molecule has 1 saturated heterocycles. The van der Waals surface area contributed by atoms with Crippen molar-refractivity contribution in [1.82, 2.24) is 10.6 Å². The molecule has 1 aromatic rings. The fourth-order valence-electron chi connectivity index (χ4n) is 3.82. The number of carbonyl (C=O) groups is 1. The fraction of sp³-hybridized carbons (Fsp3) is 0.632. The maximum absolute atomic E-state index is 12.3. The summed E-state index contributed by atoms with van der Waals surface area (Å²) in [6, 6.07) is 8.10. The Morgan fingerprint density at radius 2 is 2.25 bits per heavy atom. The van der Waals surface area contributed by atoms with Gasteiger partial charge in [-0.3, -0.25) is 4.79 Å². The predicted molar refractivity (Wildman–Crippen MR) is 93.0 cm³/mol. The second-order valence-corrected chi connectivity index (χ2v) is 7.13. The van der Waals surface area contributed by atoms with E-state index in [9.17, 15) is 9.90 Å². The van der Waals surface area contributed by atoms with Crippen LogP contribution in [0.3, 0.4) is 0 Å². The molecule has 1 saturated carbocycles. The zero-order chi connectivity index (χ0) is 16.9. The minimum Gasteiger partial charge on any atom is -0.491 e. The van der Waals surface area contributed by atoms with Crippen LogP contribution in [0.5, 0.6) is 5.75 Å². The first-order valence-electron chi connectivity index (χ1n) is 9.03. The highest BCUT2D eigenvalue weighted by atomic mass is 16.5. The van der Waals surface area contributed by atoms with Gasteiger partial charge in [-0.2, -0.15) is 0 Å². The molecule has 1 amide bonds. The van der Waals surface area contributed by atoms with Gasteiger partial charge >= 0.3 is 0 Å². The monoisotopic (exact) mass is 332 g/mol. The lowest BCUT2D eigenvalue weighted by molar-refractivity contribution is -0.123. The van der Waals surface area contributed by atoms with E-state index in [-0.39, 0.29) is 25.1 Å². The van der Waals surface area contributed by atoms with Crippen LogP contribution in [-0.4, -0.2) is 42.4 Å². The molecule has 2 fully saturated rings. The third-order valence-electron chi connectivity index (χ3n) is 5.12. The van der Waals surface area contributed by atoms with E-state index in [1.807, 2.05) is 31.2 Å². The van der Waals surface area contributed by atoms with Gasteiger partial charge < -0.3 is 20.5 Å². The molecule has 4 unspecified atom stereocenters. The van der Waals surface area contributed by atoms with Crippen LogP contribution in [0.1, 0.15) is 37.7 Å². The second kappa shape index (κ2) is 7.99. The number of fused-ring (bicyclic) bond motifs is 1. The van der Waals surface area contributed by atoms with Gasteiger partial charge in [0.25, 0.3) is 0 Å². The number of ether oxygens (including phenoxy) is 1. The van der Waals surface area contributed by atoms with E-state index in [2.05, 4.69) is 10.6 Å². The zero-order valence-electron chi connectivity index (χ0n) is 14.3. The number of aliphatic hydroxyl groups excluding tert-OH is 1. The van der Waals surface area contributed by atoms with Crippen molar-refractivity contribution in [2.75, 3.05) is 13.2 Å². The highest BCUT2D eigenvalue weighted by molar-refractivity contribution is 5.82. The summed E-state index contributed by atoms with van der Waals surface area (Å²) < 4.78 is 5.57. The predicted octanol–water partition coefficient (Wildman–Crippen LogP) is 1.77. The molecule has 1 heterocycles. The molecule has 1 aliphatic heterocycles. The number of aliphatic hydroxyl groups is 1. The molecule has 5 heteroatoms. The van der Waals surface area contributed by atoms with Crippen LogP contribution in [0.25, 0.3) is 0 Å². The van der Waals surface area contributed by atoms with Gasteiger partial charge in [-0.1, -0.05) is 25.0 Å². The Hall–Kier alpha value is -1.59. The number of carbonyl (C=O) groups excluding carboxylic acids is 1. The Morgan fingerprint density at radius 3 is 3.04 bits per heavy atom. The van der Waals surface area contributed by atoms with Crippen molar-refractivity contribution in [3.8, 4) is 5.75 Å². The Labute approximate surface area is 143 Å². The van der Waals surface area contributed by atoms with Gasteiger partial charge in [-0.05, 0) is 49.8 Å². The number of amides is 1. The largest absolute Gasteiger partial charge is 0.491 e. The summed E-state index contributed by atoms with van der Waals surface area (Å²) in [6.07, 6.45) is 5.17. The van der Waals surface area contributed by atoms with Gasteiger partial charge in [0.2, 0.25) is 5.91 Å². The Morgan fingerprint density at radius 1 is 1.42 bits per heavy atom. The molecule has 0 radical (unpaired) electrons. The molecule has 0 spiro atoms. The van der Waals surface area contributed by atoms with Crippen LogP contribution >= 0.6 is 0 Å². The van der Waals surface area contributed by atoms with Crippen LogP contribution in [0.2, 0.25) is 0 Å². The molecule has 1 aliphatic carbocycles. The van der Waals surface area contributed by atoms with E-state index in [4.69, 9.17) is 4.74 Å². The highest BCUT2D eigenvalue weighted by Crippen LogP contribution is 2.33. The van der Waals surface area contributed by atoms with Crippen LogP contribution in [0, 0.1) is 12.8 Å². The molecule has 24 heavy (non-hydrogen) atoms. The Bertz CT molecular complexity index is 549. The molecule has 4 atom stereocenters. The van der Waals surface area contributed by atoms with Crippen LogP contribution in [0.15, 0.2) is 24.3 Å². The molecule has 1 aromatic carbocycles. The molecule has 2 aliphatic rings. The van der Waals surface area contributed by atoms with Gasteiger partial charge in [0.1, 0.15) is 18.5 Å². The van der Waals surface area contributed by atoms with Gasteiger partial charge in [-0.25, -0.2) is 0 Å². The summed E-state index contributed by atoms with van der Waals surface area (Å²) in [7, 11) is 0. The third kappa shape index (κ3) is 4.48. The first-order chi connectivity index (χ1) is 11.6. The smallest absolute Gasteiger partial charge is 0.237 e. The maximum Gasteiger partial charge on any atom is 0.237 e. The number of hydrogen-bond donors (Lipinski definition) is 3. The first kappa shape index (κ1) is 17.2. The van der Waals surface area contributed by atoms with Crippen LogP contribution < -0.4 is 15.4 Å². The van der Waals surface area contributed by atoms with E-state index >= 15 is 0 Å². The van der Waals surface area contributed by atoms with Gasteiger partial charge in [0.15, 0.2) is 0 Å². The number of hydrogen-bond acceptors (Lipinski definition) is 4. The molecule has 3 rings (SSSR count). The molecular formula is C19H28N2O3. The SMILES string of the molecule is Cc1cccc(OCC(O)CNC(=O)C2CC3CCCCC3N2)c1. The summed E-state index contributed by atoms with van der Waals surface area (Å²) >= 11 is 0. The molecule has 0 aromatic heterocycles. The minimum absolute atomic E-state index is 0.000921. The Kier molecular flexibility index (Phi) is 5.74. The summed E-state index contributed by atoms with van der Waals surface area (Å²) in [5, 5.41) is 16.3. The fourth-order valence-corrected chi connectivity index (χ4v) is 3.82. The summed E-state index contributed by atoms with van der Waals surface area (Å²) in [6.45, 7) is 2.39. The van der Waals surface area contributed by atoms with Crippen molar-refractivity contribution in [3.63, 3.8) is 0 Å². The van der Waals surface area contributed by atoms with Crippen molar-refractivity contribution in [1.29, 1.82) is 0 Å². The third-order valence-corrected chi connectivity index (χ3v) is 5.12. The van der Waals surface area contributed by atoms with Crippen molar-refractivity contribution >= 4 is 5.91 Å². The average molecular weight is 332 g/mol. The van der Waals surface area contributed by atoms with Crippen molar-refractivity contribution in [2.24, 2.45) is 5.92 Å². The lowest BCUT2D eigenvalue weighted by Crippen LogP contribution is -2.45. The van der Waals surface area contributed by atoms with Crippen LogP contribution in [-0.2, 0) is 4.79 Å². The van der Waals surface area contributed by atoms with Crippen molar-refractivity contribution < 1.29 is 14.6 Å². The number of aryl methyl sites for hydroxylation is 1. The number of rotatable bonds is 6. The normalized spacial score (nSPS) is 27.3. The molecule has 0 bridgehead atoms. The van der Waals surface area contributed by atoms with Gasteiger partial charge in [-0.15, -0.1) is 0 Å². The Balaban J connectivity index is 1.38. The molecule has 3 N–H and O–H groups in total. The first-order valence-corrected chi connectivity index (χ1v) is 9.03. The topological polar surface area (TPSA) is 70.6 Å². The lowest BCUT2D eigenvalue weighted by atomic mass is 9.85. The van der Waals surface area contributed by atoms with E-state index in [1.165, 1.54) is 25.7 Å². The van der Waals surface area contributed by atoms with Crippen molar-refractivity contribution in [2.45, 2.75) is 57.2 Å². The summed E-state index contributed by atoms with van der Waals surface area (Å²) in [5.74, 6) is 1.38. The van der Waals surface area contributed by atoms with Gasteiger partial charge in [0, 0.05) is 12.6 Å². The average Bonchev–Trinajstić information content (AvgIpc) is 3.02. The van der Waals surface area contributed by atoms with E-state index < -0.39 is 6.10 Å².